The zero-order valence-electron chi connectivity index (χ0n) is 10.7. The molecular weight excluding hydrogens is 284 g/mol. The average molecular weight is 297 g/mol. The number of carbonyl (C=O) groups is 1. The van der Waals surface area contributed by atoms with Gasteiger partial charge in [-0.25, -0.2) is 9.67 Å². The molecular formula is C11H13N4O4S-. The molecule has 0 aliphatic carbocycles. The molecule has 0 amide bonds. The summed E-state index contributed by atoms with van der Waals surface area (Å²) in [5, 5.41) is 23.5. The summed E-state index contributed by atoms with van der Waals surface area (Å²) in [6.07, 6.45) is 1.71. The molecule has 108 valence electrons. The standard InChI is InChI=1S/C11H14N4O4S/c1-2-7(10(18)19)20-11-13-8-6(9(17)14-11)5-12-15(8)3-4-16/h5,7,16H,2-4H2,1H3,(H,18,19)(H,13,14,17)/p-1/t7-/m0/s1. The average Bonchev–Trinajstić information content (AvgIpc) is 2.80. The van der Waals surface area contributed by atoms with Gasteiger partial charge in [-0.15, -0.1) is 0 Å². The molecule has 2 heterocycles. The molecule has 20 heavy (non-hydrogen) atoms. The maximum Gasteiger partial charge on any atom is 0.262 e. The number of aliphatic hydroxyl groups excluding tert-OH is 1. The second-order valence-electron chi connectivity index (χ2n) is 4.03. The summed E-state index contributed by atoms with van der Waals surface area (Å²) in [7, 11) is 0. The topological polar surface area (TPSA) is 124 Å². The lowest BCUT2D eigenvalue weighted by molar-refractivity contribution is -0.304. The highest BCUT2D eigenvalue weighted by Gasteiger charge is 2.14. The van der Waals surface area contributed by atoms with Gasteiger partial charge >= 0.3 is 0 Å². The lowest BCUT2D eigenvalue weighted by Gasteiger charge is -2.14. The number of nitrogens with zero attached hydrogens (tertiary/aromatic N) is 3. The number of hydrogen-bond acceptors (Lipinski definition) is 7. The molecule has 2 N–H and O–H groups in total. The normalized spacial score (nSPS) is 12.7. The number of hydrogen-bond donors (Lipinski definition) is 2. The quantitative estimate of drug-likeness (QED) is 0.503. The smallest absolute Gasteiger partial charge is 0.262 e. The summed E-state index contributed by atoms with van der Waals surface area (Å²) in [4.78, 5) is 29.5. The first kappa shape index (κ1) is 14.5. The molecule has 0 radical (unpaired) electrons. The van der Waals surface area contributed by atoms with E-state index in [2.05, 4.69) is 15.1 Å². The van der Waals surface area contributed by atoms with Crippen LogP contribution in [0.25, 0.3) is 11.0 Å². The van der Waals surface area contributed by atoms with Crippen molar-refractivity contribution in [2.45, 2.75) is 30.3 Å². The van der Waals surface area contributed by atoms with Gasteiger partial charge in [0.25, 0.3) is 5.56 Å². The summed E-state index contributed by atoms with van der Waals surface area (Å²) in [6, 6.07) is 0. The first-order chi connectivity index (χ1) is 9.56. The Kier molecular flexibility index (Phi) is 4.40. The van der Waals surface area contributed by atoms with Crippen LogP contribution in [0.4, 0.5) is 0 Å². The summed E-state index contributed by atoms with van der Waals surface area (Å²) < 4.78 is 1.40. The Hall–Kier alpha value is -1.87. The number of nitrogens with one attached hydrogen (secondary N) is 1. The number of thioether (sulfide) groups is 1. The van der Waals surface area contributed by atoms with E-state index in [0.29, 0.717) is 17.5 Å². The van der Waals surface area contributed by atoms with Crippen LogP contribution in [0.1, 0.15) is 13.3 Å². The number of carbonyl (C=O) groups excluding carboxylic acids is 1. The third kappa shape index (κ3) is 2.83. The molecule has 2 aromatic heterocycles. The minimum absolute atomic E-state index is 0.135. The Labute approximate surface area is 117 Å². The van der Waals surface area contributed by atoms with Crippen molar-refractivity contribution in [2.24, 2.45) is 0 Å². The predicted octanol–water partition coefficient (Wildman–Crippen LogP) is -1.27. The van der Waals surface area contributed by atoms with Crippen molar-refractivity contribution < 1.29 is 15.0 Å². The predicted molar refractivity (Wildman–Crippen MR) is 70.2 cm³/mol. The van der Waals surface area contributed by atoms with Crippen molar-refractivity contribution in [2.75, 3.05) is 6.61 Å². The van der Waals surface area contributed by atoms with Crippen molar-refractivity contribution in [3.8, 4) is 0 Å². The van der Waals surface area contributed by atoms with E-state index in [1.807, 2.05) is 0 Å². The third-order valence-electron chi connectivity index (χ3n) is 2.68. The molecule has 0 aromatic carbocycles. The largest absolute Gasteiger partial charge is 0.549 e. The molecule has 0 aliphatic heterocycles. The monoisotopic (exact) mass is 297 g/mol. The Bertz CT molecular complexity index is 681. The maximum atomic E-state index is 11.9. The van der Waals surface area contributed by atoms with E-state index in [1.165, 1.54) is 10.9 Å². The van der Waals surface area contributed by atoms with Crippen LogP contribution in [-0.4, -0.2) is 42.7 Å². The van der Waals surface area contributed by atoms with Crippen molar-refractivity contribution in [1.29, 1.82) is 0 Å². The fourth-order valence-electron chi connectivity index (χ4n) is 1.69. The van der Waals surface area contributed by atoms with Crippen molar-refractivity contribution in [1.82, 2.24) is 19.7 Å². The molecule has 9 heteroatoms. The van der Waals surface area contributed by atoms with Crippen LogP contribution in [-0.2, 0) is 11.3 Å². The number of rotatable bonds is 6. The number of aliphatic carboxylic acids is 1. The van der Waals surface area contributed by atoms with Gasteiger partial charge in [-0.2, -0.15) is 5.10 Å². The van der Waals surface area contributed by atoms with E-state index in [-0.39, 0.29) is 18.3 Å². The second-order valence-corrected chi connectivity index (χ2v) is 5.22. The SMILES string of the molecule is CC[C@H](Sc1nc2c(cnn2CCO)c(=O)[nH]1)C(=O)[O-]. The van der Waals surface area contributed by atoms with E-state index < -0.39 is 16.8 Å². The van der Waals surface area contributed by atoms with E-state index in [4.69, 9.17) is 5.11 Å². The van der Waals surface area contributed by atoms with Gasteiger partial charge in [0.2, 0.25) is 0 Å². The molecule has 8 nitrogen and oxygen atoms in total. The van der Waals surface area contributed by atoms with Gasteiger partial charge in [-0.3, -0.25) is 4.79 Å². The number of fused-ring (bicyclic) bond motifs is 1. The van der Waals surface area contributed by atoms with Crippen LogP contribution in [0, 0.1) is 0 Å². The Morgan fingerprint density at radius 2 is 2.40 bits per heavy atom. The molecule has 2 aromatic rings. The van der Waals surface area contributed by atoms with Crippen molar-refractivity contribution in [3.05, 3.63) is 16.6 Å². The lowest BCUT2D eigenvalue weighted by Crippen LogP contribution is -2.33. The summed E-state index contributed by atoms with van der Waals surface area (Å²) in [5.74, 6) is -1.20. The van der Waals surface area contributed by atoms with E-state index in [0.717, 1.165) is 11.8 Å². The highest BCUT2D eigenvalue weighted by molar-refractivity contribution is 8.00. The first-order valence-corrected chi connectivity index (χ1v) is 6.89. The highest BCUT2D eigenvalue weighted by Crippen LogP contribution is 2.22. The minimum atomic E-state index is -1.20. The molecule has 0 unspecified atom stereocenters. The fraction of sp³-hybridized carbons (Fsp3) is 0.455. The highest BCUT2D eigenvalue weighted by atomic mass is 32.2. The fourth-order valence-corrected chi connectivity index (χ4v) is 2.52. The Morgan fingerprint density at radius 3 is 3.00 bits per heavy atom. The van der Waals surface area contributed by atoms with Gasteiger partial charge < -0.3 is 20.0 Å². The van der Waals surface area contributed by atoms with Crippen LogP contribution in [0.2, 0.25) is 0 Å². The van der Waals surface area contributed by atoms with Crippen molar-refractivity contribution >= 4 is 28.8 Å². The van der Waals surface area contributed by atoms with E-state index in [1.54, 1.807) is 6.92 Å². The molecule has 0 saturated heterocycles. The molecule has 1 atom stereocenters. The van der Waals surface area contributed by atoms with Gasteiger partial charge in [0, 0.05) is 0 Å². The number of aromatic nitrogens is 4. The van der Waals surface area contributed by atoms with Gasteiger partial charge in [0.15, 0.2) is 10.8 Å². The molecule has 0 saturated carbocycles. The van der Waals surface area contributed by atoms with Gasteiger partial charge in [-0.05, 0) is 6.42 Å². The minimum Gasteiger partial charge on any atom is -0.549 e. The molecule has 0 aliphatic rings. The number of carboxylic acids is 1. The van der Waals surface area contributed by atoms with Gasteiger partial charge in [-0.1, -0.05) is 18.7 Å². The van der Waals surface area contributed by atoms with Crippen LogP contribution < -0.4 is 10.7 Å². The number of aliphatic hydroxyl groups is 1. The zero-order chi connectivity index (χ0) is 14.7. The van der Waals surface area contributed by atoms with E-state index >= 15 is 0 Å². The summed E-state index contributed by atoms with van der Waals surface area (Å²) >= 11 is 0.924. The maximum absolute atomic E-state index is 11.9. The summed E-state index contributed by atoms with van der Waals surface area (Å²) in [6.45, 7) is 1.78. The lowest BCUT2D eigenvalue weighted by atomic mass is 10.3. The van der Waals surface area contributed by atoms with E-state index in [9.17, 15) is 14.7 Å². The Balaban J connectivity index is 2.42. The molecule has 2 rings (SSSR count). The molecule has 0 spiro atoms. The van der Waals surface area contributed by atoms with Crippen LogP contribution in [0.5, 0.6) is 0 Å². The van der Waals surface area contributed by atoms with Crippen molar-refractivity contribution in [3.63, 3.8) is 0 Å². The van der Waals surface area contributed by atoms with Gasteiger partial charge in [0.05, 0.1) is 30.6 Å². The second kappa shape index (κ2) is 6.06. The van der Waals surface area contributed by atoms with Crippen LogP contribution >= 0.6 is 11.8 Å². The third-order valence-corrected chi connectivity index (χ3v) is 3.91. The van der Waals surface area contributed by atoms with Crippen LogP contribution in [0.15, 0.2) is 16.1 Å². The van der Waals surface area contributed by atoms with Gasteiger partial charge in [0.1, 0.15) is 5.39 Å². The summed E-state index contributed by atoms with van der Waals surface area (Å²) in [5.41, 5.74) is -0.0756. The number of carboxylic acid groups (broad SMARTS) is 1. The molecule has 0 fully saturated rings. The first-order valence-electron chi connectivity index (χ1n) is 6.01. The van der Waals surface area contributed by atoms with Crippen LogP contribution in [0.3, 0.4) is 0 Å². The zero-order valence-corrected chi connectivity index (χ0v) is 11.5. The number of aromatic amines is 1. The Morgan fingerprint density at radius 1 is 1.65 bits per heavy atom. The number of H-pyrrole nitrogens is 1. The molecule has 0 bridgehead atoms.